The summed E-state index contributed by atoms with van der Waals surface area (Å²) >= 11 is 7.53. The molecular formula is C23H24ClN3O4S. The zero-order chi connectivity index (χ0) is 23.3. The average Bonchev–Trinajstić information content (AvgIpc) is 3.18. The number of rotatable bonds is 8. The number of anilines is 1. The first-order valence-electron chi connectivity index (χ1n) is 9.96. The van der Waals surface area contributed by atoms with E-state index >= 15 is 0 Å². The minimum Gasteiger partial charge on any atom is -0.493 e. The van der Waals surface area contributed by atoms with Crippen molar-refractivity contribution in [2.45, 2.75) is 20.3 Å². The van der Waals surface area contributed by atoms with E-state index in [9.17, 15) is 9.59 Å². The minimum absolute atomic E-state index is 0.243. The van der Waals surface area contributed by atoms with E-state index in [-0.39, 0.29) is 16.8 Å². The van der Waals surface area contributed by atoms with Gasteiger partial charge in [-0.1, -0.05) is 18.5 Å². The monoisotopic (exact) mass is 473 g/mol. The Kier molecular flexibility index (Phi) is 7.71. The van der Waals surface area contributed by atoms with E-state index in [0.717, 1.165) is 12.0 Å². The van der Waals surface area contributed by atoms with E-state index < -0.39 is 0 Å². The van der Waals surface area contributed by atoms with Crippen LogP contribution >= 0.6 is 22.9 Å². The molecule has 2 amide bonds. The van der Waals surface area contributed by atoms with Gasteiger partial charge in [0, 0.05) is 17.8 Å². The highest BCUT2D eigenvalue weighted by Crippen LogP contribution is 2.35. The van der Waals surface area contributed by atoms with Crippen molar-refractivity contribution in [2.24, 2.45) is 0 Å². The lowest BCUT2D eigenvalue weighted by Crippen LogP contribution is -2.24. The van der Waals surface area contributed by atoms with Gasteiger partial charge >= 0.3 is 0 Å². The molecule has 0 unspecified atom stereocenters. The third-order valence-electron chi connectivity index (χ3n) is 4.64. The van der Waals surface area contributed by atoms with Crippen molar-refractivity contribution in [2.75, 3.05) is 26.1 Å². The number of methoxy groups -OCH3 is 2. The molecule has 0 aliphatic rings. The van der Waals surface area contributed by atoms with Crippen LogP contribution in [-0.2, 0) is 0 Å². The summed E-state index contributed by atoms with van der Waals surface area (Å²) < 4.78 is 10.6. The Morgan fingerprint density at radius 1 is 1.06 bits per heavy atom. The summed E-state index contributed by atoms with van der Waals surface area (Å²) in [5.41, 5.74) is 2.29. The van der Waals surface area contributed by atoms with Crippen LogP contribution in [0.15, 0.2) is 36.4 Å². The highest BCUT2D eigenvalue weighted by Gasteiger charge is 2.18. The summed E-state index contributed by atoms with van der Waals surface area (Å²) in [5, 5.41) is 6.56. The molecule has 0 aliphatic carbocycles. The average molecular weight is 474 g/mol. The summed E-state index contributed by atoms with van der Waals surface area (Å²) in [6, 6.07) is 10.3. The summed E-state index contributed by atoms with van der Waals surface area (Å²) in [7, 11) is 3.14. The summed E-state index contributed by atoms with van der Waals surface area (Å²) in [6.45, 7) is 4.32. The first-order valence-corrected chi connectivity index (χ1v) is 11.2. The van der Waals surface area contributed by atoms with Gasteiger partial charge in [0.15, 0.2) is 11.5 Å². The second-order valence-corrected chi connectivity index (χ2v) is 8.31. The molecule has 32 heavy (non-hydrogen) atoms. The van der Waals surface area contributed by atoms with Gasteiger partial charge in [-0.3, -0.25) is 9.59 Å². The number of hydrogen-bond donors (Lipinski definition) is 2. The van der Waals surface area contributed by atoms with Crippen LogP contribution in [-0.4, -0.2) is 37.6 Å². The third kappa shape index (κ3) is 5.20. The molecule has 0 spiro atoms. The third-order valence-corrected chi connectivity index (χ3v) is 6.16. The molecule has 0 saturated heterocycles. The number of amides is 2. The Labute approximate surface area is 195 Å². The van der Waals surface area contributed by atoms with Crippen LogP contribution in [0.5, 0.6) is 11.5 Å². The number of aryl methyl sites for hydroxylation is 1. The van der Waals surface area contributed by atoms with Crippen LogP contribution in [0.3, 0.4) is 0 Å². The van der Waals surface area contributed by atoms with E-state index in [2.05, 4.69) is 15.6 Å². The second kappa shape index (κ2) is 10.5. The van der Waals surface area contributed by atoms with Crippen molar-refractivity contribution in [3.05, 3.63) is 57.6 Å². The Hall–Kier alpha value is -3.10. The quantitative estimate of drug-likeness (QED) is 0.470. The number of thiazole rings is 1. The lowest BCUT2D eigenvalue weighted by atomic mass is 10.2. The summed E-state index contributed by atoms with van der Waals surface area (Å²) in [4.78, 5) is 30.0. The molecule has 0 atom stereocenters. The molecule has 168 valence electrons. The molecule has 1 heterocycles. The summed E-state index contributed by atoms with van der Waals surface area (Å²) in [6.07, 6.45) is 0.830. The predicted octanol–water partition coefficient (Wildman–Crippen LogP) is 5.18. The van der Waals surface area contributed by atoms with Crippen LogP contribution in [0.4, 0.5) is 5.69 Å². The second-order valence-electron chi connectivity index (χ2n) is 6.91. The van der Waals surface area contributed by atoms with Gasteiger partial charge in [-0.15, -0.1) is 11.3 Å². The largest absolute Gasteiger partial charge is 0.493 e. The maximum absolute atomic E-state index is 12.9. The highest BCUT2D eigenvalue weighted by atomic mass is 35.5. The van der Waals surface area contributed by atoms with E-state index in [4.69, 9.17) is 21.1 Å². The first kappa shape index (κ1) is 23.6. The lowest BCUT2D eigenvalue weighted by Gasteiger charge is -2.09. The molecule has 2 N–H and O–H groups in total. The Morgan fingerprint density at radius 3 is 2.47 bits per heavy atom. The predicted molar refractivity (Wildman–Crippen MR) is 127 cm³/mol. The minimum atomic E-state index is -0.300. The van der Waals surface area contributed by atoms with Gasteiger partial charge in [0.2, 0.25) is 0 Å². The van der Waals surface area contributed by atoms with Crippen molar-refractivity contribution >= 4 is 40.4 Å². The smallest absolute Gasteiger partial charge is 0.267 e. The van der Waals surface area contributed by atoms with Crippen molar-refractivity contribution in [1.29, 1.82) is 0 Å². The molecular weight excluding hydrogens is 450 g/mol. The Balaban J connectivity index is 1.79. The van der Waals surface area contributed by atoms with Crippen molar-refractivity contribution < 1.29 is 19.1 Å². The number of nitrogens with one attached hydrogen (secondary N) is 2. The van der Waals surface area contributed by atoms with E-state index in [1.165, 1.54) is 11.3 Å². The van der Waals surface area contributed by atoms with Crippen LogP contribution in [0, 0.1) is 6.92 Å². The fourth-order valence-electron chi connectivity index (χ4n) is 3.00. The number of benzene rings is 2. The zero-order valence-electron chi connectivity index (χ0n) is 18.2. The van der Waals surface area contributed by atoms with Gasteiger partial charge in [0.1, 0.15) is 9.88 Å². The van der Waals surface area contributed by atoms with Crippen molar-refractivity contribution in [1.82, 2.24) is 10.3 Å². The number of aromatic nitrogens is 1. The molecule has 0 saturated carbocycles. The number of carbonyl (C=O) groups excluding carboxylic acids is 2. The maximum atomic E-state index is 12.9. The number of ether oxygens (including phenoxy) is 2. The standard InChI is InChI=1S/C23H24ClN3O4S/c1-5-10-25-21(28)16-8-7-15(12-17(16)24)27-22(29)20-13(2)26-23(32-20)14-6-9-18(30-3)19(11-14)31-4/h6-9,11-12H,5,10H2,1-4H3,(H,25,28)(H,27,29). The van der Waals surface area contributed by atoms with Crippen LogP contribution in [0.1, 0.15) is 39.1 Å². The van der Waals surface area contributed by atoms with E-state index in [1.54, 1.807) is 45.4 Å². The number of carbonyl (C=O) groups is 2. The topological polar surface area (TPSA) is 89.6 Å². The summed E-state index contributed by atoms with van der Waals surface area (Å²) in [5.74, 6) is 0.659. The molecule has 0 aliphatic heterocycles. The molecule has 2 aromatic carbocycles. The Bertz CT molecular complexity index is 1150. The molecule has 7 nitrogen and oxygen atoms in total. The van der Waals surface area contributed by atoms with Crippen LogP contribution in [0.25, 0.3) is 10.6 Å². The number of hydrogen-bond acceptors (Lipinski definition) is 6. The van der Waals surface area contributed by atoms with Gasteiger partial charge in [-0.05, 0) is 49.7 Å². The van der Waals surface area contributed by atoms with Gasteiger partial charge in [-0.25, -0.2) is 4.98 Å². The normalized spacial score (nSPS) is 10.5. The van der Waals surface area contributed by atoms with Gasteiger partial charge in [0.05, 0.1) is 30.5 Å². The fraction of sp³-hybridized carbons (Fsp3) is 0.261. The SMILES string of the molecule is CCCNC(=O)c1ccc(NC(=O)c2sc(-c3ccc(OC)c(OC)c3)nc2C)cc1Cl. The lowest BCUT2D eigenvalue weighted by molar-refractivity contribution is 0.0953. The van der Waals surface area contributed by atoms with E-state index in [1.807, 2.05) is 19.1 Å². The van der Waals surface area contributed by atoms with Crippen LogP contribution in [0.2, 0.25) is 5.02 Å². The highest BCUT2D eigenvalue weighted by molar-refractivity contribution is 7.17. The van der Waals surface area contributed by atoms with Crippen LogP contribution < -0.4 is 20.1 Å². The fourth-order valence-corrected chi connectivity index (χ4v) is 4.22. The first-order chi connectivity index (χ1) is 15.4. The zero-order valence-corrected chi connectivity index (χ0v) is 19.8. The van der Waals surface area contributed by atoms with E-state index in [0.29, 0.717) is 44.9 Å². The number of nitrogens with zero attached hydrogens (tertiary/aromatic N) is 1. The number of halogens is 1. The molecule has 0 radical (unpaired) electrons. The molecule has 1 aromatic heterocycles. The van der Waals surface area contributed by atoms with Crippen molar-refractivity contribution in [3.63, 3.8) is 0 Å². The molecule has 9 heteroatoms. The maximum Gasteiger partial charge on any atom is 0.267 e. The van der Waals surface area contributed by atoms with Crippen molar-refractivity contribution in [3.8, 4) is 22.1 Å². The van der Waals surface area contributed by atoms with Gasteiger partial charge < -0.3 is 20.1 Å². The molecule has 3 rings (SSSR count). The van der Waals surface area contributed by atoms with Gasteiger partial charge in [-0.2, -0.15) is 0 Å². The molecule has 0 bridgehead atoms. The Morgan fingerprint density at radius 2 is 1.81 bits per heavy atom. The molecule has 3 aromatic rings. The molecule has 0 fully saturated rings. The van der Waals surface area contributed by atoms with Gasteiger partial charge in [0.25, 0.3) is 11.8 Å².